The van der Waals surface area contributed by atoms with Gasteiger partial charge in [-0.15, -0.1) is 0 Å². The van der Waals surface area contributed by atoms with Crippen LogP contribution in [0.3, 0.4) is 0 Å². The normalized spacial score (nSPS) is 21.8. The fourth-order valence-electron chi connectivity index (χ4n) is 3.33. The summed E-state index contributed by atoms with van der Waals surface area (Å²) in [5.41, 5.74) is 0.738. The van der Waals surface area contributed by atoms with Crippen LogP contribution in [0.15, 0.2) is 24.4 Å². The van der Waals surface area contributed by atoms with Crippen LogP contribution in [0.2, 0.25) is 0 Å². The summed E-state index contributed by atoms with van der Waals surface area (Å²) in [6, 6.07) is 5.81. The van der Waals surface area contributed by atoms with Crippen LogP contribution in [0.25, 0.3) is 0 Å². The van der Waals surface area contributed by atoms with Crippen LogP contribution < -0.4 is 0 Å². The van der Waals surface area contributed by atoms with Crippen LogP contribution >= 0.6 is 0 Å². The summed E-state index contributed by atoms with van der Waals surface area (Å²) in [5, 5.41) is 0. The smallest absolute Gasteiger partial charge is 0.249 e. The van der Waals surface area contributed by atoms with Gasteiger partial charge in [-0.2, -0.15) is 0 Å². The average molecular weight is 319 g/mol. The quantitative estimate of drug-likeness (QED) is 0.808. The number of pyridine rings is 1. The number of hydrogen-bond acceptors (Lipinski definition) is 5. The standard InChI is InChI=1S/C17H25N3O3/c1-22-11-10-19-8-5-17(6-9-19)14-20(16(21)13-23-17)12-15-4-2-3-7-18-15/h2-4,7H,5-6,8-14H2,1H3. The number of amides is 1. The van der Waals surface area contributed by atoms with Crippen molar-refractivity contribution in [3.63, 3.8) is 0 Å². The molecule has 2 aliphatic heterocycles. The van der Waals surface area contributed by atoms with E-state index in [0.29, 0.717) is 13.1 Å². The van der Waals surface area contributed by atoms with Gasteiger partial charge in [-0.25, -0.2) is 0 Å². The molecule has 3 heterocycles. The van der Waals surface area contributed by atoms with E-state index < -0.39 is 0 Å². The lowest BCUT2D eigenvalue weighted by Gasteiger charge is -2.47. The first-order valence-electron chi connectivity index (χ1n) is 8.24. The summed E-state index contributed by atoms with van der Waals surface area (Å²) in [6.45, 7) is 5.13. The molecule has 0 aromatic carbocycles. The van der Waals surface area contributed by atoms with Gasteiger partial charge in [-0.05, 0) is 25.0 Å². The SMILES string of the molecule is COCCN1CCC2(CC1)CN(Cc1ccccn1)C(=O)CO2. The molecular weight excluding hydrogens is 294 g/mol. The first-order valence-corrected chi connectivity index (χ1v) is 8.24. The molecule has 0 saturated carbocycles. The highest BCUT2D eigenvalue weighted by molar-refractivity contribution is 5.78. The molecule has 1 aromatic rings. The summed E-state index contributed by atoms with van der Waals surface area (Å²) in [7, 11) is 1.73. The van der Waals surface area contributed by atoms with E-state index in [0.717, 1.165) is 44.8 Å². The van der Waals surface area contributed by atoms with Crippen LogP contribution in [-0.4, -0.2) is 72.8 Å². The lowest BCUT2D eigenvalue weighted by molar-refractivity contribution is -0.172. The molecule has 6 nitrogen and oxygen atoms in total. The lowest BCUT2D eigenvalue weighted by Crippen LogP contribution is -2.58. The monoisotopic (exact) mass is 319 g/mol. The molecule has 0 unspecified atom stereocenters. The fourth-order valence-corrected chi connectivity index (χ4v) is 3.33. The van der Waals surface area contributed by atoms with Gasteiger partial charge in [0.2, 0.25) is 5.91 Å². The zero-order chi connectivity index (χ0) is 16.1. The van der Waals surface area contributed by atoms with Crippen LogP contribution in [0.1, 0.15) is 18.5 Å². The summed E-state index contributed by atoms with van der Waals surface area (Å²) in [4.78, 5) is 20.8. The number of methoxy groups -OCH3 is 1. The second kappa shape index (κ2) is 7.38. The number of likely N-dealkylation sites (tertiary alicyclic amines) is 1. The van der Waals surface area contributed by atoms with Crippen LogP contribution in [0, 0.1) is 0 Å². The Labute approximate surface area is 137 Å². The molecule has 0 bridgehead atoms. The number of aromatic nitrogens is 1. The molecule has 1 amide bonds. The maximum atomic E-state index is 12.2. The average Bonchev–Trinajstić information content (AvgIpc) is 2.59. The minimum absolute atomic E-state index is 0.0584. The summed E-state index contributed by atoms with van der Waals surface area (Å²) >= 11 is 0. The van der Waals surface area contributed by atoms with E-state index in [4.69, 9.17) is 9.47 Å². The number of rotatable bonds is 5. The molecule has 0 radical (unpaired) electrons. The van der Waals surface area contributed by atoms with E-state index in [-0.39, 0.29) is 18.1 Å². The van der Waals surface area contributed by atoms with Gasteiger partial charge in [-0.3, -0.25) is 9.78 Å². The molecule has 3 rings (SSSR count). The highest BCUT2D eigenvalue weighted by Crippen LogP contribution is 2.30. The largest absolute Gasteiger partial charge is 0.383 e. The number of morpholine rings is 1. The first kappa shape index (κ1) is 16.4. The van der Waals surface area contributed by atoms with Crippen molar-refractivity contribution in [3.8, 4) is 0 Å². The molecule has 2 fully saturated rings. The third-order valence-corrected chi connectivity index (χ3v) is 4.79. The van der Waals surface area contributed by atoms with E-state index in [1.165, 1.54) is 0 Å². The Morgan fingerprint density at radius 1 is 1.35 bits per heavy atom. The van der Waals surface area contributed by atoms with E-state index >= 15 is 0 Å². The first-order chi connectivity index (χ1) is 11.2. The van der Waals surface area contributed by atoms with Gasteiger partial charge in [0, 0.05) is 32.9 Å². The molecular formula is C17H25N3O3. The number of hydrogen-bond donors (Lipinski definition) is 0. The van der Waals surface area contributed by atoms with Gasteiger partial charge in [0.25, 0.3) is 0 Å². The number of carbonyl (C=O) groups excluding carboxylic acids is 1. The Morgan fingerprint density at radius 2 is 2.17 bits per heavy atom. The van der Waals surface area contributed by atoms with Gasteiger partial charge < -0.3 is 19.3 Å². The Hall–Kier alpha value is -1.50. The van der Waals surface area contributed by atoms with E-state index in [2.05, 4.69) is 9.88 Å². The number of ether oxygens (including phenoxy) is 2. The van der Waals surface area contributed by atoms with Crippen molar-refractivity contribution in [1.82, 2.24) is 14.8 Å². The molecule has 2 saturated heterocycles. The van der Waals surface area contributed by atoms with Crippen molar-refractivity contribution >= 4 is 5.91 Å². The molecule has 6 heteroatoms. The molecule has 1 aromatic heterocycles. The van der Waals surface area contributed by atoms with Crippen LogP contribution in [0.4, 0.5) is 0 Å². The van der Waals surface area contributed by atoms with Crippen LogP contribution in [-0.2, 0) is 20.8 Å². The van der Waals surface area contributed by atoms with Crippen molar-refractivity contribution in [3.05, 3.63) is 30.1 Å². The van der Waals surface area contributed by atoms with Gasteiger partial charge in [0.15, 0.2) is 0 Å². The van der Waals surface area contributed by atoms with Gasteiger partial charge in [0.1, 0.15) is 6.61 Å². The summed E-state index contributed by atoms with van der Waals surface area (Å²) in [5.74, 6) is 0.0584. The predicted molar refractivity (Wildman–Crippen MR) is 85.9 cm³/mol. The third kappa shape index (κ3) is 4.07. The molecule has 2 aliphatic rings. The number of nitrogens with zero attached hydrogens (tertiary/aromatic N) is 3. The maximum absolute atomic E-state index is 12.2. The van der Waals surface area contributed by atoms with Crippen molar-refractivity contribution in [2.45, 2.75) is 25.0 Å². The Bertz CT molecular complexity index is 515. The van der Waals surface area contributed by atoms with Gasteiger partial charge in [-0.1, -0.05) is 6.07 Å². The zero-order valence-electron chi connectivity index (χ0n) is 13.7. The van der Waals surface area contributed by atoms with Crippen LogP contribution in [0.5, 0.6) is 0 Å². The van der Waals surface area contributed by atoms with Crippen molar-refractivity contribution < 1.29 is 14.3 Å². The van der Waals surface area contributed by atoms with Crippen molar-refractivity contribution in [2.75, 3.05) is 46.5 Å². The van der Waals surface area contributed by atoms with E-state index in [1.54, 1.807) is 13.3 Å². The second-order valence-electron chi connectivity index (χ2n) is 6.38. The highest BCUT2D eigenvalue weighted by atomic mass is 16.5. The third-order valence-electron chi connectivity index (χ3n) is 4.79. The Balaban J connectivity index is 1.58. The predicted octanol–water partition coefficient (Wildman–Crippen LogP) is 0.921. The Morgan fingerprint density at radius 3 is 2.87 bits per heavy atom. The Kier molecular flexibility index (Phi) is 5.25. The second-order valence-corrected chi connectivity index (χ2v) is 6.38. The molecule has 126 valence electrons. The zero-order valence-corrected chi connectivity index (χ0v) is 13.7. The molecule has 1 spiro atoms. The van der Waals surface area contributed by atoms with Gasteiger partial charge >= 0.3 is 0 Å². The minimum Gasteiger partial charge on any atom is -0.383 e. The van der Waals surface area contributed by atoms with E-state index in [9.17, 15) is 4.79 Å². The summed E-state index contributed by atoms with van der Waals surface area (Å²) in [6.07, 6.45) is 3.69. The molecule has 0 atom stereocenters. The maximum Gasteiger partial charge on any atom is 0.249 e. The van der Waals surface area contributed by atoms with Crippen molar-refractivity contribution in [1.29, 1.82) is 0 Å². The molecule has 0 N–H and O–H groups in total. The minimum atomic E-state index is -0.188. The molecule has 0 aliphatic carbocycles. The van der Waals surface area contributed by atoms with Crippen molar-refractivity contribution in [2.24, 2.45) is 0 Å². The topological polar surface area (TPSA) is 54.9 Å². The summed E-state index contributed by atoms with van der Waals surface area (Å²) < 4.78 is 11.1. The van der Waals surface area contributed by atoms with Gasteiger partial charge in [0.05, 0.1) is 31.0 Å². The van der Waals surface area contributed by atoms with E-state index in [1.807, 2.05) is 23.1 Å². The number of piperidine rings is 1. The fraction of sp³-hybridized carbons (Fsp3) is 0.647. The molecule has 23 heavy (non-hydrogen) atoms. The highest BCUT2D eigenvalue weighted by Gasteiger charge is 2.42. The number of carbonyl (C=O) groups is 1. The lowest BCUT2D eigenvalue weighted by atomic mass is 9.89.